The molecule has 1 rings (SSSR count). The summed E-state index contributed by atoms with van der Waals surface area (Å²) in [6.45, 7) is 3.98. The highest BCUT2D eigenvalue weighted by atomic mass is 32.2. The lowest BCUT2D eigenvalue weighted by Crippen LogP contribution is -2.32. The molecule has 0 saturated carbocycles. The lowest BCUT2D eigenvalue weighted by Gasteiger charge is -2.25. The van der Waals surface area contributed by atoms with Gasteiger partial charge in [-0.1, -0.05) is 19.1 Å². The third-order valence-electron chi connectivity index (χ3n) is 2.66. The van der Waals surface area contributed by atoms with Crippen molar-refractivity contribution in [3.63, 3.8) is 0 Å². The van der Waals surface area contributed by atoms with Gasteiger partial charge in [0.1, 0.15) is 4.90 Å². The second kappa shape index (κ2) is 6.72. The second-order valence-electron chi connectivity index (χ2n) is 3.95. The molecule has 5 nitrogen and oxygen atoms in total. The molecular formula is C12H21N3O2S. The zero-order valence-electron chi connectivity index (χ0n) is 10.9. The van der Waals surface area contributed by atoms with Crippen LogP contribution in [-0.4, -0.2) is 35.1 Å². The van der Waals surface area contributed by atoms with Crippen molar-refractivity contribution in [3.8, 4) is 0 Å². The zero-order valence-corrected chi connectivity index (χ0v) is 11.7. The van der Waals surface area contributed by atoms with Crippen LogP contribution in [0.2, 0.25) is 0 Å². The fraction of sp³-hybridized carbons (Fsp3) is 0.500. The summed E-state index contributed by atoms with van der Waals surface area (Å²) in [4.78, 5) is 2.30. The van der Waals surface area contributed by atoms with E-state index >= 15 is 0 Å². The topological polar surface area (TPSA) is 75.4 Å². The van der Waals surface area contributed by atoms with Crippen molar-refractivity contribution >= 4 is 15.7 Å². The van der Waals surface area contributed by atoms with E-state index in [0.29, 0.717) is 23.7 Å². The van der Waals surface area contributed by atoms with E-state index in [1.54, 1.807) is 12.1 Å². The molecule has 0 atom stereocenters. The first-order valence-corrected chi connectivity index (χ1v) is 7.52. The van der Waals surface area contributed by atoms with Gasteiger partial charge in [0, 0.05) is 19.6 Å². The Kier molecular flexibility index (Phi) is 5.58. The van der Waals surface area contributed by atoms with Crippen molar-refractivity contribution < 1.29 is 8.42 Å². The van der Waals surface area contributed by atoms with Crippen LogP contribution in [0.1, 0.15) is 13.3 Å². The standard InChI is InChI=1S/C12H21N3O2S/c1-3-9-15(10-8-13)11-6-4-5-7-12(11)18(16,17)14-2/h4-7,14H,3,8-10,13H2,1-2H3. The Balaban J connectivity index is 3.22. The number of hydrogen-bond donors (Lipinski definition) is 2. The molecule has 18 heavy (non-hydrogen) atoms. The molecule has 0 aliphatic heterocycles. The van der Waals surface area contributed by atoms with Gasteiger partial charge in [0.15, 0.2) is 0 Å². The zero-order chi connectivity index (χ0) is 13.6. The molecule has 0 aliphatic rings. The van der Waals surface area contributed by atoms with E-state index in [9.17, 15) is 8.42 Å². The van der Waals surface area contributed by atoms with Crippen molar-refractivity contribution in [2.24, 2.45) is 5.73 Å². The van der Waals surface area contributed by atoms with Crippen LogP contribution < -0.4 is 15.4 Å². The molecule has 102 valence electrons. The summed E-state index contributed by atoms with van der Waals surface area (Å²) < 4.78 is 26.3. The van der Waals surface area contributed by atoms with Gasteiger partial charge in [-0.3, -0.25) is 0 Å². The van der Waals surface area contributed by atoms with Crippen LogP contribution in [-0.2, 0) is 10.0 Å². The van der Waals surface area contributed by atoms with Gasteiger partial charge in [-0.25, -0.2) is 13.1 Å². The van der Waals surface area contributed by atoms with Crippen LogP contribution >= 0.6 is 0 Å². The third kappa shape index (κ3) is 3.44. The van der Waals surface area contributed by atoms with Crippen LogP contribution in [0.3, 0.4) is 0 Å². The molecule has 0 radical (unpaired) electrons. The maximum Gasteiger partial charge on any atom is 0.242 e. The molecule has 0 heterocycles. The molecular weight excluding hydrogens is 250 g/mol. The Bertz CT molecular complexity index is 468. The molecule has 0 amide bonds. The average Bonchev–Trinajstić information content (AvgIpc) is 2.38. The Hall–Kier alpha value is -1.11. The number of para-hydroxylation sites is 1. The molecule has 0 fully saturated rings. The second-order valence-corrected chi connectivity index (χ2v) is 5.81. The maximum atomic E-state index is 12.0. The number of hydrogen-bond acceptors (Lipinski definition) is 4. The van der Waals surface area contributed by atoms with E-state index in [-0.39, 0.29) is 0 Å². The van der Waals surface area contributed by atoms with Crippen molar-refractivity contribution in [1.82, 2.24) is 4.72 Å². The number of sulfonamides is 1. The molecule has 0 bridgehead atoms. The number of rotatable bonds is 7. The molecule has 0 spiro atoms. The van der Waals surface area contributed by atoms with Crippen molar-refractivity contribution in [3.05, 3.63) is 24.3 Å². The van der Waals surface area contributed by atoms with Crippen LogP contribution in [0.25, 0.3) is 0 Å². The highest BCUT2D eigenvalue weighted by Crippen LogP contribution is 2.24. The number of nitrogens with one attached hydrogen (secondary N) is 1. The first-order chi connectivity index (χ1) is 8.56. The van der Waals surface area contributed by atoms with E-state index in [4.69, 9.17) is 5.73 Å². The van der Waals surface area contributed by atoms with Crippen molar-refractivity contribution in [2.45, 2.75) is 18.2 Å². The Morgan fingerprint density at radius 2 is 1.94 bits per heavy atom. The Labute approximate surface area is 109 Å². The summed E-state index contributed by atoms with van der Waals surface area (Å²) in [5.41, 5.74) is 6.29. The van der Waals surface area contributed by atoms with E-state index in [0.717, 1.165) is 13.0 Å². The minimum absolute atomic E-state index is 0.300. The summed E-state index contributed by atoms with van der Waals surface area (Å²) in [5.74, 6) is 0. The van der Waals surface area contributed by atoms with Gasteiger partial charge in [-0.15, -0.1) is 0 Å². The minimum Gasteiger partial charge on any atom is -0.369 e. The summed E-state index contributed by atoms with van der Waals surface area (Å²) in [6, 6.07) is 6.99. The van der Waals surface area contributed by atoms with E-state index < -0.39 is 10.0 Å². The van der Waals surface area contributed by atoms with E-state index in [2.05, 4.69) is 11.6 Å². The van der Waals surface area contributed by atoms with Gasteiger partial charge in [0.2, 0.25) is 10.0 Å². The SMILES string of the molecule is CCCN(CCN)c1ccccc1S(=O)(=O)NC. The number of nitrogens with two attached hydrogens (primary N) is 1. The first-order valence-electron chi connectivity index (χ1n) is 6.04. The van der Waals surface area contributed by atoms with Crippen molar-refractivity contribution in [1.29, 1.82) is 0 Å². The summed E-state index contributed by atoms with van der Waals surface area (Å²) >= 11 is 0. The number of anilines is 1. The molecule has 0 unspecified atom stereocenters. The van der Waals surface area contributed by atoms with E-state index in [1.165, 1.54) is 7.05 Å². The largest absolute Gasteiger partial charge is 0.369 e. The molecule has 6 heteroatoms. The van der Waals surface area contributed by atoms with Crippen LogP contribution in [0.15, 0.2) is 29.2 Å². The smallest absolute Gasteiger partial charge is 0.242 e. The third-order valence-corrected chi connectivity index (χ3v) is 4.12. The van der Waals surface area contributed by atoms with Gasteiger partial charge in [0.05, 0.1) is 5.69 Å². The van der Waals surface area contributed by atoms with Gasteiger partial charge in [-0.2, -0.15) is 0 Å². The van der Waals surface area contributed by atoms with Gasteiger partial charge < -0.3 is 10.6 Å². The minimum atomic E-state index is -3.44. The quantitative estimate of drug-likeness (QED) is 0.768. The first kappa shape index (κ1) is 14.9. The van der Waals surface area contributed by atoms with E-state index in [1.807, 2.05) is 17.0 Å². The molecule has 0 aliphatic carbocycles. The van der Waals surface area contributed by atoms with Crippen LogP contribution in [0.5, 0.6) is 0 Å². The molecule has 1 aromatic rings. The summed E-state index contributed by atoms with van der Waals surface area (Å²) in [5, 5.41) is 0. The number of nitrogens with zero attached hydrogens (tertiary/aromatic N) is 1. The normalized spacial score (nSPS) is 11.5. The summed E-state index contributed by atoms with van der Waals surface area (Å²) in [7, 11) is -2.03. The predicted octanol–water partition coefficient (Wildman–Crippen LogP) is 0.770. The van der Waals surface area contributed by atoms with Crippen molar-refractivity contribution in [2.75, 3.05) is 31.6 Å². The highest BCUT2D eigenvalue weighted by Gasteiger charge is 2.19. The Morgan fingerprint density at radius 1 is 1.28 bits per heavy atom. The Morgan fingerprint density at radius 3 is 2.50 bits per heavy atom. The molecule has 0 saturated heterocycles. The van der Waals surface area contributed by atoms with Gasteiger partial charge >= 0.3 is 0 Å². The van der Waals surface area contributed by atoms with Crippen LogP contribution in [0.4, 0.5) is 5.69 Å². The summed E-state index contributed by atoms with van der Waals surface area (Å²) in [6.07, 6.45) is 0.938. The highest BCUT2D eigenvalue weighted by molar-refractivity contribution is 7.89. The average molecular weight is 271 g/mol. The lowest BCUT2D eigenvalue weighted by atomic mass is 10.2. The lowest BCUT2D eigenvalue weighted by molar-refractivity contribution is 0.587. The molecule has 3 N–H and O–H groups in total. The predicted molar refractivity (Wildman–Crippen MR) is 74.2 cm³/mol. The monoisotopic (exact) mass is 271 g/mol. The fourth-order valence-electron chi connectivity index (χ4n) is 1.83. The van der Waals surface area contributed by atoms with Gasteiger partial charge in [-0.05, 0) is 25.6 Å². The fourth-order valence-corrected chi connectivity index (χ4v) is 2.78. The molecule has 0 aromatic heterocycles. The molecule has 1 aromatic carbocycles. The maximum absolute atomic E-state index is 12.0. The van der Waals surface area contributed by atoms with Gasteiger partial charge in [0.25, 0.3) is 0 Å². The number of benzene rings is 1. The van der Waals surface area contributed by atoms with Crippen LogP contribution in [0, 0.1) is 0 Å².